The number of fused-ring (bicyclic) bond motifs is 1. The van der Waals surface area contributed by atoms with E-state index in [1.165, 1.54) is 35.3 Å². The zero-order valence-electron chi connectivity index (χ0n) is 21.9. The smallest absolute Gasteiger partial charge is 0.352 e. The number of hydrogen-bond donors (Lipinski definition) is 5. The van der Waals surface area contributed by atoms with Crippen molar-refractivity contribution in [2.45, 2.75) is 36.6 Å². The highest BCUT2D eigenvalue weighted by atomic mass is 32.2. The number of nitrogen functional groups attached to an aromatic ring is 1. The summed E-state index contributed by atoms with van der Waals surface area (Å²) < 4.78 is 5.60. The summed E-state index contributed by atoms with van der Waals surface area (Å²) in [7, 11) is 0. The van der Waals surface area contributed by atoms with Gasteiger partial charge in [0, 0.05) is 22.4 Å². The van der Waals surface area contributed by atoms with E-state index in [9.17, 15) is 29.7 Å². The molecular formula is C24H23N7O8S3. The van der Waals surface area contributed by atoms with Crippen molar-refractivity contribution in [2.24, 2.45) is 5.16 Å². The number of benzene rings is 1. The van der Waals surface area contributed by atoms with Gasteiger partial charge in [0.05, 0.1) is 0 Å². The molecule has 0 unspecified atom stereocenters. The first-order valence-electron chi connectivity index (χ1n) is 12.2. The van der Waals surface area contributed by atoms with Crippen LogP contribution in [0.15, 0.2) is 49.6 Å². The SMILES string of the molecule is CC(C)ON=C(C(=O)N[C@@H]1C(=O)N2C(C(=O)O)=C(CSc3nnc(-c4ccc(O)c(O)c4)o3)CS[C@H]12)c1csc(N)n1. The van der Waals surface area contributed by atoms with Crippen LogP contribution in [0.3, 0.4) is 0 Å². The largest absolute Gasteiger partial charge is 0.504 e. The molecule has 5 rings (SSSR count). The lowest BCUT2D eigenvalue weighted by Gasteiger charge is -2.49. The van der Waals surface area contributed by atoms with E-state index in [1.807, 2.05) is 0 Å². The number of aromatic hydroxyl groups is 2. The number of hydrogen-bond acceptors (Lipinski definition) is 15. The van der Waals surface area contributed by atoms with Crippen molar-refractivity contribution in [3.8, 4) is 23.0 Å². The molecule has 2 aliphatic heterocycles. The van der Waals surface area contributed by atoms with E-state index in [-0.39, 0.29) is 62.5 Å². The van der Waals surface area contributed by atoms with Gasteiger partial charge >= 0.3 is 5.97 Å². The van der Waals surface area contributed by atoms with Crippen molar-refractivity contribution in [1.82, 2.24) is 25.4 Å². The van der Waals surface area contributed by atoms with Gasteiger partial charge in [-0.25, -0.2) is 9.78 Å². The number of aromatic nitrogens is 3. The van der Waals surface area contributed by atoms with E-state index in [2.05, 4.69) is 25.7 Å². The van der Waals surface area contributed by atoms with Gasteiger partial charge in [0.1, 0.15) is 28.9 Å². The molecule has 220 valence electrons. The lowest BCUT2D eigenvalue weighted by molar-refractivity contribution is -0.150. The van der Waals surface area contributed by atoms with E-state index in [0.717, 1.165) is 28.0 Å². The summed E-state index contributed by atoms with van der Waals surface area (Å²) in [6.07, 6.45) is -0.321. The summed E-state index contributed by atoms with van der Waals surface area (Å²) >= 11 is 3.49. The number of nitrogens with one attached hydrogen (secondary N) is 1. The summed E-state index contributed by atoms with van der Waals surface area (Å²) in [6, 6.07) is 3.04. The molecule has 0 spiro atoms. The Balaban J connectivity index is 1.28. The number of phenols is 2. The number of nitrogens with zero attached hydrogens (tertiary/aromatic N) is 5. The summed E-state index contributed by atoms with van der Waals surface area (Å²) in [5.74, 6) is -2.73. The Hall–Kier alpha value is -4.29. The molecular weight excluding hydrogens is 611 g/mol. The Kier molecular flexibility index (Phi) is 8.28. The number of anilines is 1. The first kappa shape index (κ1) is 29.2. The Morgan fingerprint density at radius 2 is 2.10 bits per heavy atom. The second-order valence-electron chi connectivity index (χ2n) is 9.15. The molecule has 0 aliphatic carbocycles. The van der Waals surface area contributed by atoms with E-state index in [4.69, 9.17) is 15.0 Å². The van der Waals surface area contributed by atoms with Crippen LogP contribution in [0, 0.1) is 0 Å². The van der Waals surface area contributed by atoms with E-state index in [0.29, 0.717) is 11.1 Å². The van der Waals surface area contributed by atoms with Crippen LogP contribution in [-0.4, -0.2) is 87.9 Å². The molecule has 2 aliphatic rings. The average Bonchev–Trinajstić information content (AvgIpc) is 3.60. The Morgan fingerprint density at radius 1 is 1.31 bits per heavy atom. The molecule has 1 saturated heterocycles. The molecule has 1 aromatic carbocycles. The summed E-state index contributed by atoms with van der Waals surface area (Å²) in [5, 5.41) is 44.8. The second-order valence-corrected chi connectivity index (χ2v) is 12.1. The van der Waals surface area contributed by atoms with Crippen molar-refractivity contribution in [2.75, 3.05) is 17.2 Å². The molecule has 18 heteroatoms. The van der Waals surface area contributed by atoms with Gasteiger partial charge in [0.25, 0.3) is 17.0 Å². The quantitative estimate of drug-likeness (QED) is 0.0706. The lowest BCUT2D eigenvalue weighted by atomic mass is 10.0. The number of oxime groups is 1. The van der Waals surface area contributed by atoms with Crippen LogP contribution in [0.5, 0.6) is 11.5 Å². The molecule has 0 bridgehead atoms. The topological polar surface area (TPSA) is 227 Å². The van der Waals surface area contributed by atoms with Crippen LogP contribution in [0.4, 0.5) is 5.13 Å². The molecule has 2 atom stereocenters. The highest BCUT2D eigenvalue weighted by molar-refractivity contribution is 8.01. The molecule has 0 saturated carbocycles. The number of phenolic OH excluding ortho intramolecular Hbond substituents is 2. The number of aliphatic carboxylic acids is 1. The second kappa shape index (κ2) is 11.9. The maximum Gasteiger partial charge on any atom is 0.352 e. The zero-order valence-corrected chi connectivity index (χ0v) is 24.3. The third-order valence-corrected chi connectivity index (χ3v) is 8.79. The summed E-state index contributed by atoms with van der Waals surface area (Å²) in [6.45, 7) is 3.46. The maximum absolute atomic E-state index is 13.1. The number of thioether (sulfide) groups is 2. The van der Waals surface area contributed by atoms with Gasteiger partial charge in [-0.15, -0.1) is 33.3 Å². The fraction of sp³-hybridized carbons (Fsp3) is 0.292. The standard InChI is InChI=1S/C24H23N7O8S3/c1-9(2)39-30-15(12-8-41-23(25)26-12)18(34)27-16-20(35)31-17(22(36)37)11(6-40-21(16)31)7-42-24-29-28-19(38-24)10-3-4-13(32)14(33)5-10/h3-5,8-9,16,21,32-33H,6-7H2,1-2H3,(H2,25,26)(H,27,34)(H,36,37)/t16-,21-/m1/s1. The molecule has 2 aromatic heterocycles. The number of carboxylic acids is 1. The third kappa shape index (κ3) is 5.86. The van der Waals surface area contributed by atoms with Crippen molar-refractivity contribution < 1.29 is 39.0 Å². The van der Waals surface area contributed by atoms with E-state index >= 15 is 0 Å². The Morgan fingerprint density at radius 3 is 2.76 bits per heavy atom. The predicted molar refractivity (Wildman–Crippen MR) is 153 cm³/mol. The van der Waals surface area contributed by atoms with Crippen molar-refractivity contribution in [3.63, 3.8) is 0 Å². The minimum absolute atomic E-state index is 0.0943. The van der Waals surface area contributed by atoms with Gasteiger partial charge in [-0.2, -0.15) is 0 Å². The number of rotatable bonds is 10. The van der Waals surface area contributed by atoms with Crippen LogP contribution < -0.4 is 11.1 Å². The van der Waals surface area contributed by atoms with Crippen molar-refractivity contribution in [1.29, 1.82) is 0 Å². The third-order valence-electron chi connectivity index (χ3n) is 5.87. The fourth-order valence-corrected chi connectivity index (χ4v) is 6.75. The lowest BCUT2D eigenvalue weighted by Crippen LogP contribution is -2.71. The highest BCUT2D eigenvalue weighted by Gasteiger charge is 2.54. The van der Waals surface area contributed by atoms with Crippen LogP contribution in [0.1, 0.15) is 19.5 Å². The monoisotopic (exact) mass is 633 g/mol. The maximum atomic E-state index is 13.1. The summed E-state index contributed by atoms with van der Waals surface area (Å²) in [5.41, 5.74) is 6.40. The first-order chi connectivity index (χ1) is 20.0. The Labute approximate surface area is 249 Å². The number of β-lactam (4-membered cyclic amide) rings is 1. The van der Waals surface area contributed by atoms with E-state index < -0.39 is 29.2 Å². The van der Waals surface area contributed by atoms with Crippen LogP contribution in [0.25, 0.3) is 11.5 Å². The molecule has 2 amide bonds. The predicted octanol–water partition coefficient (Wildman–Crippen LogP) is 1.85. The van der Waals surface area contributed by atoms with Gasteiger partial charge < -0.3 is 35.6 Å². The molecule has 42 heavy (non-hydrogen) atoms. The number of carboxylic acid groups (broad SMARTS) is 1. The molecule has 4 heterocycles. The molecule has 3 aromatic rings. The van der Waals surface area contributed by atoms with Crippen molar-refractivity contribution in [3.05, 3.63) is 40.5 Å². The molecule has 6 N–H and O–H groups in total. The minimum Gasteiger partial charge on any atom is -0.504 e. The first-order valence-corrected chi connectivity index (χ1v) is 15.1. The number of nitrogens with two attached hydrogens (primary N) is 1. The molecule has 1 fully saturated rings. The Bertz CT molecular complexity index is 1620. The van der Waals surface area contributed by atoms with Crippen LogP contribution >= 0.6 is 34.9 Å². The van der Waals surface area contributed by atoms with Gasteiger partial charge in [-0.1, -0.05) is 16.9 Å². The number of thiazole rings is 1. The van der Waals surface area contributed by atoms with Gasteiger partial charge in [0.15, 0.2) is 22.3 Å². The number of amides is 2. The normalized spacial score (nSPS) is 18.6. The highest BCUT2D eigenvalue weighted by Crippen LogP contribution is 2.42. The average molecular weight is 634 g/mol. The molecule has 15 nitrogen and oxygen atoms in total. The minimum atomic E-state index is -1.29. The van der Waals surface area contributed by atoms with Gasteiger partial charge in [0.2, 0.25) is 5.89 Å². The van der Waals surface area contributed by atoms with Crippen molar-refractivity contribution >= 4 is 63.5 Å². The molecule has 0 radical (unpaired) electrons. The zero-order chi connectivity index (χ0) is 30.1. The number of carbonyl (C=O) groups excluding carboxylic acids is 2. The summed E-state index contributed by atoms with van der Waals surface area (Å²) in [4.78, 5) is 48.9. The fourth-order valence-electron chi connectivity index (χ4n) is 3.95. The number of carbonyl (C=O) groups is 3. The van der Waals surface area contributed by atoms with Crippen LogP contribution in [0.2, 0.25) is 0 Å². The van der Waals surface area contributed by atoms with Gasteiger partial charge in [-0.3, -0.25) is 14.5 Å². The van der Waals surface area contributed by atoms with Crippen LogP contribution in [-0.2, 0) is 19.2 Å². The van der Waals surface area contributed by atoms with Gasteiger partial charge in [-0.05, 0) is 37.6 Å². The van der Waals surface area contributed by atoms with E-state index in [1.54, 1.807) is 13.8 Å².